The molecule has 0 spiro atoms. The Kier molecular flexibility index (Phi) is 4.70. The lowest BCUT2D eigenvalue weighted by Crippen LogP contribution is -2.41. The van der Waals surface area contributed by atoms with Gasteiger partial charge in [0.15, 0.2) is 0 Å². The Morgan fingerprint density at radius 3 is 2.70 bits per heavy atom. The zero-order valence-corrected chi connectivity index (χ0v) is 16.0. The van der Waals surface area contributed by atoms with Crippen LogP contribution in [-0.2, 0) is 11.3 Å². The standard InChI is InChI=1S/C20H22N4O2S/c1-2-24-16-6-4-3-5-14(16)11-17(24)19-22-15(12-27-19)20(26)23-9-7-13(8-10-23)18(21)25/h3-6,11-13H,2,7-10H2,1H3,(H2,21,25). The normalized spacial score (nSPS) is 15.4. The number of likely N-dealkylation sites (tertiary alicyclic amines) is 1. The van der Waals surface area contributed by atoms with Gasteiger partial charge in [-0.05, 0) is 31.9 Å². The molecule has 0 aliphatic carbocycles. The smallest absolute Gasteiger partial charge is 0.273 e. The van der Waals surface area contributed by atoms with Gasteiger partial charge in [-0.25, -0.2) is 4.98 Å². The molecule has 3 heterocycles. The molecule has 0 unspecified atom stereocenters. The number of nitrogens with zero attached hydrogens (tertiary/aromatic N) is 3. The first-order valence-corrected chi connectivity index (χ1v) is 10.1. The molecular weight excluding hydrogens is 360 g/mol. The van der Waals surface area contributed by atoms with Crippen LogP contribution < -0.4 is 5.73 Å². The number of benzene rings is 1. The summed E-state index contributed by atoms with van der Waals surface area (Å²) in [6.07, 6.45) is 1.25. The van der Waals surface area contributed by atoms with E-state index >= 15 is 0 Å². The Morgan fingerprint density at radius 1 is 1.26 bits per heavy atom. The number of hydrogen-bond donors (Lipinski definition) is 1. The summed E-state index contributed by atoms with van der Waals surface area (Å²) >= 11 is 1.49. The van der Waals surface area contributed by atoms with Crippen LogP contribution in [0.3, 0.4) is 0 Å². The average Bonchev–Trinajstić information content (AvgIpc) is 3.31. The van der Waals surface area contributed by atoms with Gasteiger partial charge in [-0.3, -0.25) is 9.59 Å². The number of primary amides is 1. The van der Waals surface area contributed by atoms with E-state index in [1.165, 1.54) is 22.2 Å². The topological polar surface area (TPSA) is 81.2 Å². The van der Waals surface area contributed by atoms with E-state index in [0.29, 0.717) is 31.6 Å². The SMILES string of the molecule is CCn1c(-c2nc(C(=O)N3CCC(C(N)=O)CC3)cs2)cc2ccccc21. The zero-order valence-electron chi connectivity index (χ0n) is 15.2. The molecular formula is C20H22N4O2S. The third-order valence-corrected chi connectivity index (χ3v) is 6.12. The van der Waals surface area contributed by atoms with Gasteiger partial charge in [-0.15, -0.1) is 11.3 Å². The van der Waals surface area contributed by atoms with Crippen molar-refractivity contribution in [3.63, 3.8) is 0 Å². The molecule has 1 aliphatic rings. The molecule has 0 radical (unpaired) electrons. The maximum atomic E-state index is 12.8. The molecule has 4 rings (SSSR count). The number of aromatic nitrogens is 2. The largest absolute Gasteiger partial charge is 0.369 e. The number of carbonyl (C=O) groups excluding carboxylic acids is 2. The van der Waals surface area contributed by atoms with Gasteiger partial charge in [0.2, 0.25) is 5.91 Å². The van der Waals surface area contributed by atoms with Gasteiger partial charge < -0.3 is 15.2 Å². The van der Waals surface area contributed by atoms with E-state index in [9.17, 15) is 9.59 Å². The summed E-state index contributed by atoms with van der Waals surface area (Å²) in [4.78, 5) is 30.5. The first kappa shape index (κ1) is 17.7. The Balaban J connectivity index is 1.57. The van der Waals surface area contributed by atoms with Gasteiger partial charge in [-0.1, -0.05) is 18.2 Å². The number of hydrogen-bond acceptors (Lipinski definition) is 4. The number of carbonyl (C=O) groups is 2. The van der Waals surface area contributed by atoms with Crippen molar-refractivity contribution < 1.29 is 9.59 Å². The Labute approximate surface area is 161 Å². The summed E-state index contributed by atoms with van der Waals surface area (Å²) in [6.45, 7) is 4.05. The third kappa shape index (κ3) is 3.23. The minimum Gasteiger partial charge on any atom is -0.369 e. The van der Waals surface area contributed by atoms with Gasteiger partial charge in [-0.2, -0.15) is 0 Å². The maximum Gasteiger partial charge on any atom is 0.273 e. The molecule has 1 aromatic carbocycles. The summed E-state index contributed by atoms with van der Waals surface area (Å²) < 4.78 is 2.22. The second kappa shape index (κ2) is 7.15. The lowest BCUT2D eigenvalue weighted by molar-refractivity contribution is -0.123. The summed E-state index contributed by atoms with van der Waals surface area (Å²) in [6, 6.07) is 10.4. The second-order valence-corrected chi connectivity index (χ2v) is 7.70. The number of para-hydroxylation sites is 1. The van der Waals surface area contributed by atoms with E-state index in [1.54, 1.807) is 4.90 Å². The van der Waals surface area contributed by atoms with Crippen molar-refractivity contribution in [3.05, 3.63) is 41.4 Å². The van der Waals surface area contributed by atoms with Crippen LogP contribution in [-0.4, -0.2) is 39.4 Å². The molecule has 1 saturated heterocycles. The number of amides is 2. The van der Waals surface area contributed by atoms with E-state index in [1.807, 2.05) is 17.5 Å². The quantitative estimate of drug-likeness (QED) is 0.753. The van der Waals surface area contributed by atoms with Crippen molar-refractivity contribution in [2.24, 2.45) is 11.7 Å². The van der Waals surface area contributed by atoms with Crippen molar-refractivity contribution in [1.82, 2.24) is 14.5 Å². The highest BCUT2D eigenvalue weighted by Gasteiger charge is 2.27. The van der Waals surface area contributed by atoms with Gasteiger partial charge in [0.25, 0.3) is 5.91 Å². The van der Waals surface area contributed by atoms with Gasteiger partial charge in [0.05, 0.1) is 5.69 Å². The zero-order chi connectivity index (χ0) is 19.0. The predicted octanol–water partition coefficient (Wildman–Crippen LogP) is 3.12. The van der Waals surface area contributed by atoms with Crippen LogP contribution in [0, 0.1) is 5.92 Å². The van der Waals surface area contributed by atoms with Gasteiger partial charge in [0.1, 0.15) is 10.7 Å². The highest BCUT2D eigenvalue weighted by atomic mass is 32.1. The van der Waals surface area contributed by atoms with E-state index in [0.717, 1.165) is 17.2 Å². The highest BCUT2D eigenvalue weighted by molar-refractivity contribution is 7.13. The number of nitrogens with two attached hydrogens (primary N) is 1. The fourth-order valence-corrected chi connectivity index (χ4v) is 4.56. The van der Waals surface area contributed by atoms with Gasteiger partial charge in [0, 0.05) is 41.8 Å². The summed E-state index contributed by atoms with van der Waals surface area (Å²) in [5, 5.41) is 3.85. The Morgan fingerprint density at radius 2 is 2.00 bits per heavy atom. The van der Waals surface area contributed by atoms with Crippen molar-refractivity contribution in [3.8, 4) is 10.7 Å². The molecule has 27 heavy (non-hydrogen) atoms. The van der Waals surface area contributed by atoms with Crippen molar-refractivity contribution >= 4 is 34.1 Å². The van der Waals surface area contributed by atoms with Crippen molar-refractivity contribution in [1.29, 1.82) is 0 Å². The van der Waals surface area contributed by atoms with Crippen molar-refractivity contribution in [2.45, 2.75) is 26.3 Å². The molecule has 0 atom stereocenters. The summed E-state index contributed by atoms with van der Waals surface area (Å²) in [5.41, 5.74) is 8.05. The number of fused-ring (bicyclic) bond motifs is 1. The number of aryl methyl sites for hydroxylation is 1. The minimum atomic E-state index is -0.273. The highest BCUT2D eigenvalue weighted by Crippen LogP contribution is 2.31. The number of thiazole rings is 1. The molecule has 6 nitrogen and oxygen atoms in total. The molecule has 3 aromatic rings. The molecule has 7 heteroatoms. The van der Waals surface area contributed by atoms with E-state index in [-0.39, 0.29) is 17.7 Å². The van der Waals surface area contributed by atoms with Crippen LogP contribution in [0.25, 0.3) is 21.6 Å². The molecule has 0 bridgehead atoms. The van der Waals surface area contributed by atoms with E-state index in [4.69, 9.17) is 5.73 Å². The molecule has 1 aliphatic heterocycles. The van der Waals surface area contributed by atoms with Crippen LogP contribution in [0.15, 0.2) is 35.7 Å². The number of rotatable bonds is 4. The fraction of sp³-hybridized carbons (Fsp3) is 0.350. The molecule has 140 valence electrons. The Hall–Kier alpha value is -2.67. The monoisotopic (exact) mass is 382 g/mol. The fourth-order valence-electron chi connectivity index (χ4n) is 3.75. The lowest BCUT2D eigenvalue weighted by Gasteiger charge is -2.30. The van der Waals surface area contributed by atoms with E-state index < -0.39 is 0 Å². The first-order chi connectivity index (χ1) is 13.1. The molecule has 2 amide bonds. The third-order valence-electron chi connectivity index (χ3n) is 5.25. The van der Waals surface area contributed by atoms with Crippen LogP contribution in [0.4, 0.5) is 0 Å². The lowest BCUT2D eigenvalue weighted by atomic mass is 9.96. The molecule has 1 fully saturated rings. The predicted molar refractivity (Wildman–Crippen MR) is 107 cm³/mol. The molecule has 2 aromatic heterocycles. The van der Waals surface area contributed by atoms with Crippen LogP contribution in [0.2, 0.25) is 0 Å². The summed E-state index contributed by atoms with van der Waals surface area (Å²) in [7, 11) is 0. The van der Waals surface area contributed by atoms with E-state index in [2.05, 4.69) is 34.7 Å². The Bertz CT molecular complexity index is 999. The van der Waals surface area contributed by atoms with Crippen LogP contribution >= 0.6 is 11.3 Å². The second-order valence-electron chi connectivity index (χ2n) is 6.84. The first-order valence-electron chi connectivity index (χ1n) is 9.21. The van der Waals surface area contributed by atoms with Crippen LogP contribution in [0.5, 0.6) is 0 Å². The average molecular weight is 382 g/mol. The van der Waals surface area contributed by atoms with Gasteiger partial charge >= 0.3 is 0 Å². The van der Waals surface area contributed by atoms with Crippen LogP contribution in [0.1, 0.15) is 30.3 Å². The number of piperidine rings is 1. The molecule has 2 N–H and O–H groups in total. The summed E-state index contributed by atoms with van der Waals surface area (Å²) in [5.74, 6) is -0.467. The molecule has 0 saturated carbocycles. The maximum absolute atomic E-state index is 12.8. The van der Waals surface area contributed by atoms with Crippen molar-refractivity contribution in [2.75, 3.05) is 13.1 Å². The minimum absolute atomic E-state index is 0.0698.